The number of hydrogen-bond acceptors (Lipinski definition) is 6. The molecule has 3 aromatic rings. The smallest absolute Gasteiger partial charge is 0.232 e. The van der Waals surface area contributed by atoms with E-state index in [1.165, 1.54) is 17.7 Å². The van der Waals surface area contributed by atoms with Crippen LogP contribution in [0.1, 0.15) is 38.8 Å². The highest BCUT2D eigenvalue weighted by atomic mass is 32.1. The quantitative estimate of drug-likeness (QED) is 0.416. The number of hydrogen-bond donors (Lipinski definition) is 2. The topological polar surface area (TPSA) is 59.6 Å². The summed E-state index contributed by atoms with van der Waals surface area (Å²) in [7, 11) is 0. The van der Waals surface area contributed by atoms with Gasteiger partial charge < -0.3 is 25.3 Å². The van der Waals surface area contributed by atoms with Crippen molar-refractivity contribution in [2.24, 2.45) is 11.8 Å². The van der Waals surface area contributed by atoms with Crippen molar-refractivity contribution in [1.82, 2.24) is 15.3 Å². The summed E-state index contributed by atoms with van der Waals surface area (Å²) < 4.78 is 0. The van der Waals surface area contributed by atoms with Gasteiger partial charge in [0.05, 0.1) is 6.04 Å². The first kappa shape index (κ1) is 26.2. The molecular weight excluding hydrogens is 490 g/mol. The SMILES string of the molecule is C[C@@H]1C[C@@H](C)CN(c2cc(N3CCN(c4ccccc4)CC3)nc(NC(=S)N[C@H](C)c3ccccc3)n2)C1. The Morgan fingerprint density at radius 1 is 0.816 bits per heavy atom. The van der Waals surface area contributed by atoms with Crippen molar-refractivity contribution in [2.45, 2.75) is 33.2 Å². The summed E-state index contributed by atoms with van der Waals surface area (Å²) in [6, 6.07) is 23.2. The molecule has 38 heavy (non-hydrogen) atoms. The molecular formula is C30H39N7S. The Morgan fingerprint density at radius 2 is 1.37 bits per heavy atom. The van der Waals surface area contributed by atoms with Gasteiger partial charge >= 0.3 is 0 Å². The van der Waals surface area contributed by atoms with Crippen LogP contribution in [-0.2, 0) is 0 Å². The van der Waals surface area contributed by atoms with Gasteiger partial charge in [-0.2, -0.15) is 9.97 Å². The van der Waals surface area contributed by atoms with Crippen molar-refractivity contribution in [3.05, 3.63) is 72.3 Å². The largest absolute Gasteiger partial charge is 0.368 e. The lowest BCUT2D eigenvalue weighted by Gasteiger charge is -2.38. The Hall–Kier alpha value is -3.39. The van der Waals surface area contributed by atoms with Crippen molar-refractivity contribution in [3.8, 4) is 0 Å². The Labute approximate surface area is 232 Å². The van der Waals surface area contributed by atoms with Gasteiger partial charge in [0.2, 0.25) is 5.95 Å². The first-order valence-electron chi connectivity index (χ1n) is 13.8. The molecule has 3 atom stereocenters. The molecule has 200 valence electrons. The second-order valence-electron chi connectivity index (χ2n) is 10.8. The first-order valence-corrected chi connectivity index (χ1v) is 14.2. The van der Waals surface area contributed by atoms with Crippen molar-refractivity contribution in [2.75, 3.05) is 59.3 Å². The number of piperazine rings is 1. The standard InChI is InChI=1S/C30H39N7S/c1-22-18-23(2)21-37(20-22)28-19-27(36-16-14-35(15-17-36)26-12-8-5-9-13-26)32-29(33-28)34-30(38)31-24(3)25-10-6-4-7-11-25/h4-13,19,22-24H,14-18,20-21H2,1-3H3,(H2,31,32,33,34,38)/t22-,23-,24-/m1/s1. The Morgan fingerprint density at radius 3 is 2.00 bits per heavy atom. The molecule has 2 N–H and O–H groups in total. The number of nitrogens with one attached hydrogen (secondary N) is 2. The number of para-hydroxylation sites is 1. The molecule has 3 heterocycles. The molecule has 2 aliphatic heterocycles. The molecule has 1 aromatic heterocycles. The van der Waals surface area contributed by atoms with Gasteiger partial charge in [0.25, 0.3) is 0 Å². The molecule has 0 unspecified atom stereocenters. The molecule has 7 nitrogen and oxygen atoms in total. The molecule has 2 aliphatic rings. The summed E-state index contributed by atoms with van der Waals surface area (Å²) in [5.41, 5.74) is 2.46. The number of piperidine rings is 1. The first-order chi connectivity index (χ1) is 18.4. The molecule has 5 rings (SSSR count). The van der Waals surface area contributed by atoms with Gasteiger partial charge in [-0.1, -0.05) is 62.4 Å². The highest BCUT2D eigenvalue weighted by molar-refractivity contribution is 7.80. The summed E-state index contributed by atoms with van der Waals surface area (Å²) >= 11 is 5.68. The molecule has 0 bridgehead atoms. The van der Waals surface area contributed by atoms with Gasteiger partial charge in [-0.15, -0.1) is 0 Å². The maximum Gasteiger partial charge on any atom is 0.232 e. The highest BCUT2D eigenvalue weighted by Crippen LogP contribution is 2.29. The lowest BCUT2D eigenvalue weighted by atomic mass is 9.92. The summed E-state index contributed by atoms with van der Waals surface area (Å²) in [6.07, 6.45) is 1.26. The lowest BCUT2D eigenvalue weighted by Crippen LogP contribution is -2.47. The predicted octanol–water partition coefficient (Wildman–Crippen LogP) is 5.33. The van der Waals surface area contributed by atoms with Crippen LogP contribution in [0.3, 0.4) is 0 Å². The minimum atomic E-state index is 0.0775. The van der Waals surface area contributed by atoms with Crippen LogP contribution in [-0.4, -0.2) is 54.3 Å². The van der Waals surface area contributed by atoms with Crippen molar-refractivity contribution in [1.29, 1.82) is 0 Å². The summed E-state index contributed by atoms with van der Waals surface area (Å²) in [4.78, 5) is 17.1. The van der Waals surface area contributed by atoms with Crippen LogP contribution in [0.25, 0.3) is 0 Å². The molecule has 0 radical (unpaired) electrons. The zero-order valence-corrected chi connectivity index (χ0v) is 23.5. The van der Waals surface area contributed by atoms with Crippen LogP contribution in [0.4, 0.5) is 23.3 Å². The van der Waals surface area contributed by atoms with Gasteiger partial charge in [-0.05, 0) is 55.1 Å². The number of aromatic nitrogens is 2. The molecule has 2 saturated heterocycles. The minimum absolute atomic E-state index is 0.0775. The van der Waals surface area contributed by atoms with E-state index in [0.717, 1.165) is 50.9 Å². The maximum absolute atomic E-state index is 5.68. The van der Waals surface area contributed by atoms with Crippen molar-refractivity contribution >= 4 is 40.6 Å². The molecule has 0 saturated carbocycles. The van der Waals surface area contributed by atoms with E-state index < -0.39 is 0 Å². The Kier molecular flexibility index (Phi) is 8.27. The van der Waals surface area contributed by atoms with E-state index in [1.807, 2.05) is 18.2 Å². The summed E-state index contributed by atoms with van der Waals surface area (Å²) in [5, 5.41) is 7.21. The van der Waals surface area contributed by atoms with E-state index in [4.69, 9.17) is 22.2 Å². The fourth-order valence-corrected chi connectivity index (χ4v) is 5.91. The van der Waals surface area contributed by atoms with Crippen molar-refractivity contribution in [3.63, 3.8) is 0 Å². The fraction of sp³-hybridized carbons (Fsp3) is 0.433. The van der Waals surface area contributed by atoms with Crippen LogP contribution in [0.15, 0.2) is 66.7 Å². The number of benzene rings is 2. The number of nitrogens with zero attached hydrogens (tertiary/aromatic N) is 5. The molecule has 8 heteroatoms. The van der Waals surface area contributed by atoms with Crippen LogP contribution < -0.4 is 25.3 Å². The van der Waals surface area contributed by atoms with E-state index in [9.17, 15) is 0 Å². The Bertz CT molecular complexity index is 1190. The minimum Gasteiger partial charge on any atom is -0.368 e. The van der Waals surface area contributed by atoms with Crippen LogP contribution >= 0.6 is 12.2 Å². The van der Waals surface area contributed by atoms with Gasteiger partial charge in [-0.3, -0.25) is 0 Å². The second-order valence-corrected chi connectivity index (χ2v) is 11.2. The third-order valence-electron chi connectivity index (χ3n) is 7.49. The average Bonchev–Trinajstić information content (AvgIpc) is 2.93. The van der Waals surface area contributed by atoms with E-state index in [0.29, 0.717) is 22.9 Å². The van der Waals surface area contributed by atoms with Gasteiger partial charge in [0.15, 0.2) is 5.11 Å². The fourth-order valence-electron chi connectivity index (χ4n) is 5.64. The maximum atomic E-state index is 5.68. The molecule has 0 aliphatic carbocycles. The monoisotopic (exact) mass is 529 g/mol. The number of rotatable bonds is 6. The van der Waals surface area contributed by atoms with Gasteiger partial charge in [0.1, 0.15) is 11.6 Å². The lowest BCUT2D eigenvalue weighted by molar-refractivity contribution is 0.355. The normalized spacial score (nSPS) is 20.7. The zero-order chi connectivity index (χ0) is 26.5. The molecule has 2 fully saturated rings. The third kappa shape index (κ3) is 6.54. The summed E-state index contributed by atoms with van der Waals surface area (Å²) in [5.74, 6) is 3.75. The molecule has 0 spiro atoms. The number of thiocarbonyl (C=S) groups is 1. The second kappa shape index (κ2) is 12.0. The van der Waals surface area contributed by atoms with Gasteiger partial charge in [-0.25, -0.2) is 0 Å². The van der Waals surface area contributed by atoms with E-state index in [1.54, 1.807) is 0 Å². The van der Waals surface area contributed by atoms with E-state index in [2.05, 4.69) is 94.6 Å². The molecule has 0 amide bonds. The van der Waals surface area contributed by atoms with Crippen LogP contribution in [0.5, 0.6) is 0 Å². The molecule has 2 aromatic carbocycles. The van der Waals surface area contributed by atoms with Crippen LogP contribution in [0, 0.1) is 11.8 Å². The van der Waals surface area contributed by atoms with Crippen molar-refractivity contribution < 1.29 is 0 Å². The van der Waals surface area contributed by atoms with Gasteiger partial charge in [0, 0.05) is 51.0 Å². The van der Waals surface area contributed by atoms with E-state index in [-0.39, 0.29) is 6.04 Å². The third-order valence-corrected chi connectivity index (χ3v) is 7.71. The number of anilines is 4. The predicted molar refractivity (Wildman–Crippen MR) is 162 cm³/mol. The average molecular weight is 530 g/mol. The Balaban J connectivity index is 1.34. The van der Waals surface area contributed by atoms with Crippen LogP contribution in [0.2, 0.25) is 0 Å². The van der Waals surface area contributed by atoms with E-state index >= 15 is 0 Å². The highest BCUT2D eigenvalue weighted by Gasteiger charge is 2.26. The zero-order valence-electron chi connectivity index (χ0n) is 22.7. The summed E-state index contributed by atoms with van der Waals surface area (Å²) in [6.45, 7) is 12.5.